The lowest BCUT2D eigenvalue weighted by atomic mass is 10.0. The average molecular weight is 625 g/mol. The van der Waals surface area contributed by atoms with Gasteiger partial charge in [-0.3, -0.25) is 14.4 Å². The molecule has 45 heavy (non-hydrogen) atoms. The monoisotopic (exact) mass is 624 g/mol. The zero-order chi connectivity index (χ0) is 32.9. The number of fused-ring (bicyclic) bond motifs is 1. The Morgan fingerprint density at radius 2 is 1.82 bits per heavy atom. The SMILES string of the molecule is C[C@H]1CCCCO[C@H](CN(C)C(=O)CCCN(C)C)[C@@H](C)CN([C@@H](C)CO)C(=O)c2cc(NC(=O)c3ccccc3)ccc2O1. The molecule has 0 spiro atoms. The second-order valence-corrected chi connectivity index (χ2v) is 12.5. The number of aliphatic hydroxyl groups is 1. The van der Waals surface area contributed by atoms with Gasteiger partial charge < -0.3 is 34.6 Å². The van der Waals surface area contributed by atoms with E-state index in [2.05, 4.69) is 10.2 Å². The van der Waals surface area contributed by atoms with Crippen LogP contribution in [0.3, 0.4) is 0 Å². The van der Waals surface area contributed by atoms with Gasteiger partial charge in [0.2, 0.25) is 5.91 Å². The molecule has 2 N–H and O–H groups in total. The van der Waals surface area contributed by atoms with E-state index in [0.29, 0.717) is 48.7 Å². The largest absolute Gasteiger partial charge is 0.490 e. The van der Waals surface area contributed by atoms with Crippen LogP contribution in [0.25, 0.3) is 0 Å². The van der Waals surface area contributed by atoms with Crippen molar-refractivity contribution in [2.24, 2.45) is 5.92 Å². The molecule has 0 radical (unpaired) electrons. The number of benzene rings is 2. The van der Waals surface area contributed by atoms with Crippen LogP contribution in [-0.4, -0.2) is 110 Å². The average Bonchev–Trinajstić information content (AvgIpc) is 3.02. The molecule has 0 aromatic heterocycles. The van der Waals surface area contributed by atoms with E-state index in [9.17, 15) is 19.5 Å². The summed E-state index contributed by atoms with van der Waals surface area (Å²) in [5.41, 5.74) is 1.28. The van der Waals surface area contributed by atoms with E-state index in [4.69, 9.17) is 9.47 Å². The van der Waals surface area contributed by atoms with Gasteiger partial charge in [-0.25, -0.2) is 0 Å². The lowest BCUT2D eigenvalue weighted by molar-refractivity contribution is -0.132. The number of carbonyl (C=O) groups is 3. The molecule has 3 amide bonds. The fourth-order valence-electron chi connectivity index (χ4n) is 5.36. The van der Waals surface area contributed by atoms with Crippen molar-refractivity contribution in [1.82, 2.24) is 14.7 Å². The maximum atomic E-state index is 14.3. The number of likely N-dealkylation sites (N-methyl/N-ethyl adjacent to an activating group) is 1. The third kappa shape index (κ3) is 11.1. The first-order valence-electron chi connectivity index (χ1n) is 16.1. The smallest absolute Gasteiger partial charge is 0.258 e. The lowest BCUT2D eigenvalue weighted by Crippen LogP contribution is -2.48. The summed E-state index contributed by atoms with van der Waals surface area (Å²) in [6.07, 6.45) is 3.26. The molecular weight excluding hydrogens is 572 g/mol. The molecule has 4 atom stereocenters. The number of hydrogen-bond donors (Lipinski definition) is 2. The van der Waals surface area contributed by atoms with Gasteiger partial charge in [0, 0.05) is 50.3 Å². The van der Waals surface area contributed by atoms with E-state index in [1.165, 1.54) is 0 Å². The van der Waals surface area contributed by atoms with E-state index in [1.807, 2.05) is 34.0 Å². The summed E-state index contributed by atoms with van der Waals surface area (Å²) in [4.78, 5) is 45.5. The van der Waals surface area contributed by atoms with Gasteiger partial charge in [0.1, 0.15) is 5.75 Å². The van der Waals surface area contributed by atoms with Crippen molar-refractivity contribution in [2.75, 3.05) is 59.3 Å². The maximum Gasteiger partial charge on any atom is 0.258 e. The van der Waals surface area contributed by atoms with Gasteiger partial charge in [0.25, 0.3) is 11.8 Å². The fraction of sp³-hybridized carbons (Fsp3) is 0.571. The summed E-state index contributed by atoms with van der Waals surface area (Å²) in [7, 11) is 5.79. The van der Waals surface area contributed by atoms with E-state index in [-0.39, 0.29) is 42.5 Å². The van der Waals surface area contributed by atoms with Gasteiger partial charge in [-0.05, 0) is 90.5 Å². The molecule has 10 nitrogen and oxygen atoms in total. The molecule has 2 aromatic rings. The molecule has 2 aromatic carbocycles. The van der Waals surface area contributed by atoms with E-state index in [0.717, 1.165) is 32.2 Å². The first-order valence-corrected chi connectivity index (χ1v) is 16.1. The van der Waals surface area contributed by atoms with Crippen LogP contribution >= 0.6 is 0 Å². The topological polar surface area (TPSA) is 112 Å². The number of nitrogens with zero attached hydrogens (tertiary/aromatic N) is 3. The van der Waals surface area contributed by atoms with Gasteiger partial charge in [-0.1, -0.05) is 25.1 Å². The molecule has 0 saturated heterocycles. The van der Waals surface area contributed by atoms with Crippen molar-refractivity contribution >= 4 is 23.4 Å². The summed E-state index contributed by atoms with van der Waals surface area (Å²) in [5.74, 6) is -0.250. The standard InChI is InChI=1S/C35H52N4O6/c1-25-22-39(26(2)24-40)35(43)30-21-29(36-34(42)28-14-8-7-9-15-28)17-18-31(30)45-27(3)13-10-11-20-44-32(25)23-38(6)33(41)16-12-19-37(4)5/h7-9,14-15,17-18,21,25-27,32,40H,10-13,16,19-20,22-24H2,1-6H3,(H,36,42)/t25-,26-,27-,32+/m0/s1. The number of ether oxygens (including phenoxy) is 2. The number of rotatable bonds is 10. The number of amides is 3. The summed E-state index contributed by atoms with van der Waals surface area (Å²) >= 11 is 0. The normalized spacial score (nSPS) is 20.5. The minimum atomic E-state index is -0.494. The Labute approximate surface area is 268 Å². The van der Waals surface area contributed by atoms with E-state index >= 15 is 0 Å². The summed E-state index contributed by atoms with van der Waals surface area (Å²) < 4.78 is 12.7. The molecule has 10 heteroatoms. The molecule has 248 valence electrons. The Balaban J connectivity index is 1.89. The first kappa shape index (κ1) is 36.0. The Kier molecular flexibility index (Phi) is 14.3. The highest BCUT2D eigenvalue weighted by molar-refractivity contribution is 6.05. The number of aliphatic hydroxyl groups excluding tert-OH is 1. The van der Waals surface area contributed by atoms with Crippen molar-refractivity contribution in [3.8, 4) is 5.75 Å². The Morgan fingerprint density at radius 1 is 1.09 bits per heavy atom. The highest BCUT2D eigenvalue weighted by atomic mass is 16.5. The molecule has 0 fully saturated rings. The minimum absolute atomic E-state index is 0.0636. The second kappa shape index (κ2) is 17.9. The number of nitrogens with one attached hydrogen (secondary N) is 1. The van der Waals surface area contributed by atoms with Gasteiger partial charge in [0.15, 0.2) is 0 Å². The lowest BCUT2D eigenvalue weighted by Gasteiger charge is -2.36. The van der Waals surface area contributed by atoms with E-state index < -0.39 is 6.04 Å². The molecule has 0 saturated carbocycles. The van der Waals surface area contributed by atoms with Crippen molar-refractivity contribution in [3.63, 3.8) is 0 Å². The van der Waals surface area contributed by atoms with Gasteiger partial charge >= 0.3 is 0 Å². The fourth-order valence-corrected chi connectivity index (χ4v) is 5.36. The minimum Gasteiger partial charge on any atom is -0.490 e. The zero-order valence-electron chi connectivity index (χ0n) is 27.8. The third-order valence-corrected chi connectivity index (χ3v) is 8.22. The highest BCUT2D eigenvalue weighted by Gasteiger charge is 2.31. The predicted octanol–water partition coefficient (Wildman–Crippen LogP) is 4.53. The maximum absolute atomic E-state index is 14.3. The van der Waals surface area contributed by atoms with Crippen LogP contribution in [0.1, 0.15) is 73.6 Å². The van der Waals surface area contributed by atoms with Crippen LogP contribution < -0.4 is 10.1 Å². The van der Waals surface area contributed by atoms with Crippen LogP contribution in [0.15, 0.2) is 48.5 Å². The molecule has 1 aliphatic rings. The van der Waals surface area contributed by atoms with Gasteiger partial charge in [0.05, 0.1) is 30.4 Å². The van der Waals surface area contributed by atoms with Gasteiger partial charge in [-0.15, -0.1) is 0 Å². The van der Waals surface area contributed by atoms with Crippen molar-refractivity contribution in [2.45, 2.75) is 71.1 Å². The molecule has 0 aliphatic carbocycles. The zero-order valence-corrected chi connectivity index (χ0v) is 27.8. The highest BCUT2D eigenvalue weighted by Crippen LogP contribution is 2.29. The molecule has 1 heterocycles. The molecular formula is C35H52N4O6. The summed E-state index contributed by atoms with van der Waals surface area (Å²) in [6.45, 7) is 7.64. The van der Waals surface area contributed by atoms with Crippen LogP contribution in [-0.2, 0) is 9.53 Å². The Hall–Kier alpha value is -3.47. The first-order chi connectivity index (χ1) is 21.5. The quantitative estimate of drug-likeness (QED) is 0.400. The molecule has 1 aliphatic heterocycles. The van der Waals surface area contributed by atoms with E-state index in [1.54, 1.807) is 66.2 Å². The number of hydrogen-bond acceptors (Lipinski definition) is 7. The predicted molar refractivity (Wildman–Crippen MR) is 177 cm³/mol. The number of anilines is 1. The third-order valence-electron chi connectivity index (χ3n) is 8.22. The number of carbonyl (C=O) groups excluding carboxylic acids is 3. The summed E-state index contributed by atoms with van der Waals surface area (Å²) in [5, 5.41) is 13.1. The van der Waals surface area contributed by atoms with Crippen LogP contribution in [0.5, 0.6) is 5.75 Å². The molecule has 3 rings (SSSR count). The molecule has 0 bridgehead atoms. The Bertz CT molecular complexity index is 1240. The Morgan fingerprint density at radius 3 is 2.51 bits per heavy atom. The second-order valence-electron chi connectivity index (χ2n) is 12.5. The van der Waals surface area contributed by atoms with Gasteiger partial charge in [-0.2, -0.15) is 0 Å². The van der Waals surface area contributed by atoms with Crippen LogP contribution in [0, 0.1) is 5.92 Å². The van der Waals surface area contributed by atoms with Crippen LogP contribution in [0.4, 0.5) is 5.69 Å². The van der Waals surface area contributed by atoms with Crippen LogP contribution in [0.2, 0.25) is 0 Å². The molecule has 0 unspecified atom stereocenters. The van der Waals surface area contributed by atoms with Crippen molar-refractivity contribution < 1.29 is 29.0 Å². The van der Waals surface area contributed by atoms with Crippen molar-refractivity contribution in [3.05, 3.63) is 59.7 Å². The van der Waals surface area contributed by atoms with Crippen molar-refractivity contribution in [1.29, 1.82) is 0 Å². The summed E-state index contributed by atoms with van der Waals surface area (Å²) in [6, 6.07) is 13.5.